The fourth-order valence-electron chi connectivity index (χ4n) is 1.92. The number of ether oxygens (including phenoxy) is 1. The highest BCUT2D eigenvalue weighted by Gasteiger charge is 2.36. The van der Waals surface area contributed by atoms with Gasteiger partial charge in [-0.1, -0.05) is 0 Å². The number of aromatic amines is 2. The molecular weight excluding hydrogens is 222 g/mol. The van der Waals surface area contributed by atoms with Gasteiger partial charge in [0.15, 0.2) is 0 Å². The van der Waals surface area contributed by atoms with Gasteiger partial charge < -0.3 is 4.74 Å². The highest BCUT2D eigenvalue weighted by atomic mass is 16.6. The first-order valence-electron chi connectivity index (χ1n) is 5.58. The Hall–Kier alpha value is -1.72. The lowest BCUT2D eigenvalue weighted by atomic mass is 10.2. The summed E-state index contributed by atoms with van der Waals surface area (Å²) in [5.74, 6) is 0. The van der Waals surface area contributed by atoms with Crippen molar-refractivity contribution in [3.63, 3.8) is 0 Å². The van der Waals surface area contributed by atoms with E-state index in [9.17, 15) is 9.59 Å². The van der Waals surface area contributed by atoms with Crippen LogP contribution in [-0.4, -0.2) is 26.8 Å². The van der Waals surface area contributed by atoms with Crippen molar-refractivity contribution in [3.8, 4) is 0 Å². The van der Waals surface area contributed by atoms with Gasteiger partial charge >= 0.3 is 6.09 Å². The zero-order chi connectivity index (χ0) is 12.8. The lowest BCUT2D eigenvalue weighted by Crippen LogP contribution is -2.35. The quantitative estimate of drug-likeness (QED) is 0.720. The van der Waals surface area contributed by atoms with Crippen molar-refractivity contribution in [1.82, 2.24) is 15.1 Å². The maximum absolute atomic E-state index is 11.9. The average molecular weight is 239 g/mol. The van der Waals surface area contributed by atoms with Gasteiger partial charge in [-0.05, 0) is 27.7 Å². The highest BCUT2D eigenvalue weighted by molar-refractivity contribution is 5.69. The van der Waals surface area contributed by atoms with Crippen LogP contribution in [0, 0.1) is 0 Å². The fraction of sp³-hybridized carbons (Fsp3) is 0.636. The number of fused-ring (bicyclic) bond motifs is 1. The number of H-pyrrole nitrogens is 2. The molecule has 0 saturated carbocycles. The molecule has 2 N–H and O–H groups in total. The summed E-state index contributed by atoms with van der Waals surface area (Å²) in [6.45, 7) is 7.61. The molecule has 0 saturated heterocycles. The molecule has 1 amide bonds. The average Bonchev–Trinajstić information content (AvgIpc) is 2.67. The number of nitrogens with one attached hydrogen (secondary N) is 2. The summed E-state index contributed by atoms with van der Waals surface area (Å²) in [5, 5.41) is 5.31. The molecule has 0 bridgehead atoms. The Morgan fingerprint density at radius 1 is 1.41 bits per heavy atom. The zero-order valence-electron chi connectivity index (χ0n) is 10.5. The Morgan fingerprint density at radius 3 is 2.59 bits per heavy atom. The van der Waals surface area contributed by atoms with Crippen molar-refractivity contribution in [1.29, 1.82) is 0 Å². The molecule has 0 aromatic carbocycles. The molecule has 6 nitrogen and oxygen atoms in total. The van der Waals surface area contributed by atoms with Gasteiger partial charge in [0.25, 0.3) is 5.56 Å². The Labute approximate surface area is 98.9 Å². The van der Waals surface area contributed by atoms with E-state index in [2.05, 4.69) is 10.2 Å². The second-order valence-corrected chi connectivity index (χ2v) is 5.26. The third-order valence-electron chi connectivity index (χ3n) is 2.75. The number of aromatic nitrogens is 2. The van der Waals surface area contributed by atoms with Crippen LogP contribution in [0.4, 0.5) is 4.79 Å². The predicted molar refractivity (Wildman–Crippen MR) is 61.6 cm³/mol. The maximum Gasteiger partial charge on any atom is 0.411 e. The normalized spacial score (nSPS) is 19.3. The van der Waals surface area contributed by atoms with Crippen molar-refractivity contribution >= 4 is 6.09 Å². The Morgan fingerprint density at radius 2 is 2.06 bits per heavy atom. The summed E-state index contributed by atoms with van der Waals surface area (Å²) in [4.78, 5) is 24.9. The van der Waals surface area contributed by atoms with Crippen molar-refractivity contribution in [3.05, 3.63) is 21.6 Å². The molecular formula is C11H17N3O3. The fourth-order valence-corrected chi connectivity index (χ4v) is 1.92. The second kappa shape index (κ2) is 3.65. The highest BCUT2D eigenvalue weighted by Crippen LogP contribution is 2.30. The first-order chi connectivity index (χ1) is 7.79. The number of amides is 1. The number of hydrogen-bond acceptors (Lipinski definition) is 3. The second-order valence-electron chi connectivity index (χ2n) is 5.26. The number of carbonyl (C=O) groups excluding carboxylic acids is 1. The van der Waals surface area contributed by atoms with E-state index in [4.69, 9.17) is 4.74 Å². The van der Waals surface area contributed by atoms with Crippen molar-refractivity contribution < 1.29 is 9.53 Å². The molecule has 0 aliphatic carbocycles. The van der Waals surface area contributed by atoms with E-state index in [0.29, 0.717) is 12.1 Å². The molecule has 1 atom stereocenters. The van der Waals surface area contributed by atoms with Crippen molar-refractivity contribution in [2.75, 3.05) is 0 Å². The predicted octanol–water partition coefficient (Wildman–Crippen LogP) is 1.51. The van der Waals surface area contributed by atoms with E-state index in [-0.39, 0.29) is 11.6 Å². The van der Waals surface area contributed by atoms with Crippen LogP contribution >= 0.6 is 0 Å². The summed E-state index contributed by atoms with van der Waals surface area (Å²) in [7, 11) is 0. The van der Waals surface area contributed by atoms with Gasteiger partial charge in [-0.2, -0.15) is 0 Å². The number of hydrogen-bond donors (Lipinski definition) is 2. The monoisotopic (exact) mass is 239 g/mol. The maximum atomic E-state index is 11.9. The third-order valence-corrected chi connectivity index (χ3v) is 2.75. The van der Waals surface area contributed by atoms with Crippen LogP contribution in [0.3, 0.4) is 0 Å². The molecule has 0 fully saturated rings. The lowest BCUT2D eigenvalue weighted by molar-refractivity contribution is 0.0184. The Balaban J connectivity index is 2.17. The van der Waals surface area contributed by atoms with Crippen LogP contribution in [-0.2, 0) is 11.3 Å². The summed E-state index contributed by atoms with van der Waals surface area (Å²) in [6.07, 6.45) is -0.394. The van der Waals surface area contributed by atoms with Crippen LogP contribution in [0.5, 0.6) is 0 Å². The SMILES string of the molecule is CC1c2[nH][nH]c(=O)c2CN1C(=O)OC(C)(C)C. The van der Waals surface area contributed by atoms with Gasteiger partial charge in [-0.25, -0.2) is 4.79 Å². The first kappa shape index (κ1) is 11.8. The van der Waals surface area contributed by atoms with Crippen LogP contribution in [0.25, 0.3) is 0 Å². The largest absolute Gasteiger partial charge is 0.444 e. The number of rotatable bonds is 0. The van der Waals surface area contributed by atoms with E-state index in [1.54, 1.807) is 4.90 Å². The lowest BCUT2D eigenvalue weighted by Gasteiger charge is -2.26. The molecule has 2 rings (SSSR count). The molecule has 1 aromatic heterocycles. The van der Waals surface area contributed by atoms with Gasteiger partial charge in [0.2, 0.25) is 0 Å². The van der Waals surface area contributed by atoms with Crippen LogP contribution < -0.4 is 5.56 Å². The number of nitrogens with zero attached hydrogens (tertiary/aromatic N) is 1. The topological polar surface area (TPSA) is 78.2 Å². The molecule has 0 radical (unpaired) electrons. The van der Waals surface area contributed by atoms with Gasteiger partial charge in [0.05, 0.1) is 23.8 Å². The molecule has 1 aromatic rings. The molecule has 1 aliphatic heterocycles. The summed E-state index contributed by atoms with van der Waals surface area (Å²) < 4.78 is 5.29. The third kappa shape index (κ3) is 2.07. The van der Waals surface area contributed by atoms with E-state index in [1.165, 1.54) is 0 Å². The van der Waals surface area contributed by atoms with E-state index >= 15 is 0 Å². The Kier molecular flexibility index (Phi) is 2.52. The van der Waals surface area contributed by atoms with Gasteiger partial charge in [0, 0.05) is 0 Å². The van der Waals surface area contributed by atoms with Crippen molar-refractivity contribution in [2.24, 2.45) is 0 Å². The van der Waals surface area contributed by atoms with Gasteiger partial charge in [0.1, 0.15) is 5.60 Å². The molecule has 17 heavy (non-hydrogen) atoms. The van der Waals surface area contributed by atoms with Gasteiger partial charge in [-0.15, -0.1) is 0 Å². The van der Waals surface area contributed by atoms with Crippen molar-refractivity contribution in [2.45, 2.75) is 45.9 Å². The molecule has 2 heterocycles. The smallest absolute Gasteiger partial charge is 0.411 e. The Bertz CT molecular complexity index is 495. The van der Waals surface area contributed by atoms with E-state index in [1.807, 2.05) is 27.7 Å². The molecule has 1 aliphatic rings. The summed E-state index contributed by atoms with van der Waals surface area (Å²) in [5.41, 5.74) is 0.682. The molecule has 94 valence electrons. The van der Waals surface area contributed by atoms with E-state index in [0.717, 1.165) is 5.69 Å². The standard InChI is InChI=1S/C11H17N3O3/c1-6-8-7(9(15)13-12-8)5-14(6)10(16)17-11(2,3)4/h6H,5H2,1-4H3,(H2,12,13,15). The summed E-state index contributed by atoms with van der Waals surface area (Å²) in [6, 6.07) is -0.168. The zero-order valence-corrected chi connectivity index (χ0v) is 10.5. The first-order valence-corrected chi connectivity index (χ1v) is 5.58. The van der Waals surface area contributed by atoms with E-state index < -0.39 is 11.7 Å². The summed E-state index contributed by atoms with van der Waals surface area (Å²) >= 11 is 0. The minimum absolute atomic E-state index is 0.168. The minimum Gasteiger partial charge on any atom is -0.444 e. The van der Waals surface area contributed by atoms with Crippen LogP contribution in [0.2, 0.25) is 0 Å². The molecule has 0 spiro atoms. The van der Waals surface area contributed by atoms with Gasteiger partial charge in [-0.3, -0.25) is 19.9 Å². The molecule has 1 unspecified atom stereocenters. The minimum atomic E-state index is -0.528. The van der Waals surface area contributed by atoms with Crippen LogP contribution in [0.15, 0.2) is 4.79 Å². The van der Waals surface area contributed by atoms with Crippen LogP contribution in [0.1, 0.15) is 45.0 Å². The molecule has 6 heteroatoms. The number of carbonyl (C=O) groups is 1.